The molecule has 0 saturated carbocycles. The van der Waals surface area contributed by atoms with Crippen molar-refractivity contribution in [2.45, 2.75) is 26.3 Å². The minimum atomic E-state index is 0.231. The molecule has 2 N–H and O–H groups in total. The van der Waals surface area contributed by atoms with Crippen molar-refractivity contribution in [2.75, 3.05) is 13.6 Å². The first-order valence-corrected chi connectivity index (χ1v) is 4.00. The third kappa shape index (κ3) is 3.13. The molecule has 0 heterocycles. The average Bonchev–Trinajstić information content (AvgIpc) is 1.87. The van der Waals surface area contributed by atoms with Gasteiger partial charge in [-0.2, -0.15) is 0 Å². The van der Waals surface area contributed by atoms with Crippen LogP contribution in [-0.2, 0) is 0 Å². The van der Waals surface area contributed by atoms with Gasteiger partial charge in [-0.3, -0.25) is 4.90 Å². The molecule has 0 aliphatic rings. The van der Waals surface area contributed by atoms with Gasteiger partial charge in [-0.05, 0) is 26.9 Å². The highest BCUT2D eigenvalue weighted by Crippen LogP contribution is 1.96. The van der Waals surface area contributed by atoms with Crippen molar-refractivity contribution in [3.8, 4) is 0 Å². The van der Waals surface area contributed by atoms with Crippen LogP contribution in [0.4, 0.5) is 0 Å². The van der Waals surface area contributed by atoms with Crippen molar-refractivity contribution in [1.29, 1.82) is 0 Å². The molecule has 0 fully saturated rings. The van der Waals surface area contributed by atoms with Gasteiger partial charge in [-0.1, -0.05) is 19.1 Å². The molecular formula is C7H16N2S. The van der Waals surface area contributed by atoms with Gasteiger partial charge in [0.25, 0.3) is 0 Å². The summed E-state index contributed by atoms with van der Waals surface area (Å²) < 4.78 is 0. The summed E-state index contributed by atoms with van der Waals surface area (Å²) >= 11 is 4.84. The van der Waals surface area contributed by atoms with Crippen LogP contribution in [0.5, 0.6) is 0 Å². The first-order chi connectivity index (χ1) is 4.59. The standard InChI is InChI=1S/C7H16N2S/c1-4-5-9(3)6(2)7(8)10/h6H,4-5H2,1-3H3,(H2,8,10). The fraction of sp³-hybridized carbons (Fsp3) is 0.857. The Balaban J connectivity index is 3.69. The molecule has 0 aromatic carbocycles. The maximum absolute atomic E-state index is 5.46. The third-order valence-electron chi connectivity index (χ3n) is 1.65. The Kier molecular flexibility index (Phi) is 4.56. The summed E-state index contributed by atoms with van der Waals surface area (Å²) in [4.78, 5) is 2.73. The van der Waals surface area contributed by atoms with Gasteiger partial charge in [0, 0.05) is 0 Å². The summed E-state index contributed by atoms with van der Waals surface area (Å²) in [6.07, 6.45) is 1.14. The first kappa shape index (κ1) is 9.85. The molecule has 3 heteroatoms. The van der Waals surface area contributed by atoms with Crippen LogP contribution in [0.1, 0.15) is 20.3 Å². The van der Waals surface area contributed by atoms with Gasteiger partial charge in [0.1, 0.15) is 0 Å². The van der Waals surface area contributed by atoms with Crippen LogP contribution in [0.25, 0.3) is 0 Å². The summed E-state index contributed by atoms with van der Waals surface area (Å²) in [5.74, 6) is 0. The minimum Gasteiger partial charge on any atom is -0.392 e. The molecule has 1 atom stereocenters. The van der Waals surface area contributed by atoms with Crippen LogP contribution in [-0.4, -0.2) is 29.5 Å². The highest BCUT2D eigenvalue weighted by atomic mass is 32.1. The van der Waals surface area contributed by atoms with E-state index in [1.54, 1.807) is 0 Å². The van der Waals surface area contributed by atoms with E-state index in [4.69, 9.17) is 18.0 Å². The van der Waals surface area contributed by atoms with Crippen molar-refractivity contribution >= 4 is 17.2 Å². The lowest BCUT2D eigenvalue weighted by Gasteiger charge is -2.22. The number of likely N-dealkylation sites (N-methyl/N-ethyl adjacent to an activating group) is 1. The maximum Gasteiger partial charge on any atom is 0.0899 e. The molecule has 0 bridgehead atoms. The van der Waals surface area contributed by atoms with Gasteiger partial charge in [0.2, 0.25) is 0 Å². The van der Waals surface area contributed by atoms with E-state index in [2.05, 4.69) is 11.8 Å². The largest absolute Gasteiger partial charge is 0.392 e. The molecule has 0 amide bonds. The normalized spacial score (nSPS) is 13.6. The first-order valence-electron chi connectivity index (χ1n) is 3.59. The quantitative estimate of drug-likeness (QED) is 0.622. The monoisotopic (exact) mass is 160 g/mol. The van der Waals surface area contributed by atoms with Crippen molar-refractivity contribution in [3.05, 3.63) is 0 Å². The maximum atomic E-state index is 5.46. The van der Waals surface area contributed by atoms with Crippen LogP contribution in [0.15, 0.2) is 0 Å². The van der Waals surface area contributed by atoms with Gasteiger partial charge in [0.15, 0.2) is 0 Å². The Morgan fingerprint density at radius 2 is 2.20 bits per heavy atom. The van der Waals surface area contributed by atoms with E-state index in [0.29, 0.717) is 4.99 Å². The van der Waals surface area contributed by atoms with Gasteiger partial charge in [-0.25, -0.2) is 0 Å². The minimum absolute atomic E-state index is 0.231. The van der Waals surface area contributed by atoms with E-state index in [-0.39, 0.29) is 6.04 Å². The topological polar surface area (TPSA) is 29.3 Å². The second-order valence-electron chi connectivity index (χ2n) is 2.56. The van der Waals surface area contributed by atoms with Crippen molar-refractivity contribution in [3.63, 3.8) is 0 Å². The second-order valence-corrected chi connectivity index (χ2v) is 3.03. The lowest BCUT2D eigenvalue weighted by molar-refractivity contribution is 0.313. The number of rotatable bonds is 4. The zero-order valence-electron chi connectivity index (χ0n) is 6.92. The number of hydrogen-bond acceptors (Lipinski definition) is 2. The van der Waals surface area contributed by atoms with E-state index >= 15 is 0 Å². The number of hydrogen-bond donors (Lipinski definition) is 1. The molecule has 0 aromatic heterocycles. The number of thiocarbonyl (C=S) groups is 1. The zero-order chi connectivity index (χ0) is 8.15. The molecule has 0 spiro atoms. The number of nitrogens with zero attached hydrogens (tertiary/aromatic N) is 1. The lowest BCUT2D eigenvalue weighted by atomic mass is 10.3. The summed E-state index contributed by atoms with van der Waals surface area (Å²) in [5.41, 5.74) is 5.46. The van der Waals surface area contributed by atoms with Crippen LogP contribution in [0.3, 0.4) is 0 Å². The summed E-state index contributed by atoms with van der Waals surface area (Å²) in [6.45, 7) is 5.22. The van der Waals surface area contributed by atoms with Gasteiger partial charge >= 0.3 is 0 Å². The second kappa shape index (κ2) is 4.63. The Hall–Kier alpha value is -0.150. The molecule has 0 aliphatic heterocycles. The molecular weight excluding hydrogens is 144 g/mol. The predicted molar refractivity (Wildman–Crippen MR) is 49.2 cm³/mol. The van der Waals surface area contributed by atoms with E-state index in [1.807, 2.05) is 14.0 Å². The molecule has 0 rings (SSSR count). The molecule has 2 nitrogen and oxygen atoms in total. The predicted octanol–water partition coefficient (Wildman–Crippen LogP) is 1.00. The average molecular weight is 160 g/mol. The van der Waals surface area contributed by atoms with Crippen LogP contribution >= 0.6 is 12.2 Å². The SMILES string of the molecule is CCCN(C)C(C)C(N)=S. The molecule has 10 heavy (non-hydrogen) atoms. The van der Waals surface area contributed by atoms with Crippen molar-refractivity contribution < 1.29 is 0 Å². The Labute approximate surface area is 68.4 Å². The van der Waals surface area contributed by atoms with Gasteiger partial charge in [0.05, 0.1) is 11.0 Å². The summed E-state index contributed by atoms with van der Waals surface area (Å²) in [6, 6.07) is 0.231. The Morgan fingerprint density at radius 1 is 1.70 bits per heavy atom. The molecule has 0 radical (unpaired) electrons. The van der Waals surface area contributed by atoms with E-state index in [0.717, 1.165) is 13.0 Å². The molecule has 0 aliphatic carbocycles. The summed E-state index contributed by atoms with van der Waals surface area (Å²) in [7, 11) is 2.04. The van der Waals surface area contributed by atoms with Gasteiger partial charge < -0.3 is 5.73 Å². The highest BCUT2D eigenvalue weighted by Gasteiger charge is 2.09. The van der Waals surface area contributed by atoms with E-state index in [1.165, 1.54) is 0 Å². The van der Waals surface area contributed by atoms with Crippen molar-refractivity contribution in [2.24, 2.45) is 5.73 Å². The zero-order valence-corrected chi connectivity index (χ0v) is 7.74. The summed E-state index contributed by atoms with van der Waals surface area (Å²) in [5, 5.41) is 0. The van der Waals surface area contributed by atoms with Gasteiger partial charge in [-0.15, -0.1) is 0 Å². The molecule has 0 saturated heterocycles. The third-order valence-corrected chi connectivity index (χ3v) is 1.99. The molecule has 60 valence electrons. The fourth-order valence-electron chi connectivity index (χ4n) is 0.764. The lowest BCUT2D eigenvalue weighted by Crippen LogP contribution is -2.39. The van der Waals surface area contributed by atoms with Crippen molar-refractivity contribution in [1.82, 2.24) is 4.90 Å². The van der Waals surface area contributed by atoms with Crippen LogP contribution in [0.2, 0.25) is 0 Å². The van der Waals surface area contributed by atoms with Crippen LogP contribution < -0.4 is 5.73 Å². The Bertz CT molecular complexity index is 114. The molecule has 1 unspecified atom stereocenters. The Morgan fingerprint density at radius 3 is 2.50 bits per heavy atom. The molecule has 0 aromatic rings. The van der Waals surface area contributed by atoms with E-state index in [9.17, 15) is 0 Å². The van der Waals surface area contributed by atoms with Crippen LogP contribution in [0, 0.1) is 0 Å². The smallest absolute Gasteiger partial charge is 0.0899 e. The number of nitrogens with two attached hydrogens (primary N) is 1. The highest BCUT2D eigenvalue weighted by molar-refractivity contribution is 7.80. The van der Waals surface area contributed by atoms with E-state index < -0.39 is 0 Å². The fourth-order valence-corrected chi connectivity index (χ4v) is 0.944.